The molecule has 0 spiro atoms. The lowest BCUT2D eigenvalue weighted by Crippen LogP contribution is -2.42. The molecule has 1 fully saturated rings. The van der Waals surface area contributed by atoms with Crippen molar-refractivity contribution in [2.24, 2.45) is 5.92 Å². The molecule has 1 heterocycles. The monoisotopic (exact) mass is 305 g/mol. The highest BCUT2D eigenvalue weighted by atomic mass is 35.5. The normalized spacial score (nSPS) is 23.4. The first-order valence-corrected chi connectivity index (χ1v) is 7.35. The summed E-state index contributed by atoms with van der Waals surface area (Å²) in [6.07, 6.45) is 0. The average Bonchev–Trinajstić information content (AvgIpc) is 2.76. The third-order valence-corrected chi connectivity index (χ3v) is 4.53. The smallest absolute Gasteiger partial charge is 0.310 e. The van der Waals surface area contributed by atoms with Crippen molar-refractivity contribution in [1.29, 1.82) is 0 Å². The Hall–Kier alpha value is -1.15. The van der Waals surface area contributed by atoms with E-state index in [0.717, 1.165) is 0 Å². The van der Waals surface area contributed by atoms with Gasteiger partial charge in [-0.1, -0.05) is 17.7 Å². The Morgan fingerprint density at radius 3 is 2.79 bits per heavy atom. The fourth-order valence-corrected chi connectivity index (χ4v) is 3.38. The summed E-state index contributed by atoms with van der Waals surface area (Å²) in [6, 6.07) is 4.98. The topological polar surface area (TPSA) is 92.7 Å². The van der Waals surface area contributed by atoms with Crippen molar-refractivity contribution in [3.05, 3.63) is 29.3 Å². The standard InChI is InChI=1S/C11H12ClNO5S/c12-7-2-1-3-8(4-7)19(16,17)13-10-6-18-5-9(10)11(14)15/h1-4,9-10,13H,5-6H2,(H,14,15). The fraction of sp³-hybridized carbons (Fsp3) is 0.364. The summed E-state index contributed by atoms with van der Waals surface area (Å²) in [4.78, 5) is 10.9. The molecule has 1 aromatic rings. The van der Waals surface area contributed by atoms with E-state index in [-0.39, 0.29) is 18.1 Å². The quantitative estimate of drug-likeness (QED) is 0.855. The second-order valence-corrected chi connectivity index (χ2v) is 6.32. The van der Waals surface area contributed by atoms with E-state index in [2.05, 4.69) is 4.72 Å². The van der Waals surface area contributed by atoms with Crippen LogP contribution in [0.4, 0.5) is 0 Å². The Morgan fingerprint density at radius 1 is 1.42 bits per heavy atom. The third kappa shape index (κ3) is 3.24. The van der Waals surface area contributed by atoms with Gasteiger partial charge in [-0.3, -0.25) is 4.79 Å². The van der Waals surface area contributed by atoms with E-state index < -0.39 is 28.0 Å². The molecule has 0 saturated carbocycles. The molecule has 2 unspecified atom stereocenters. The maximum atomic E-state index is 12.1. The molecule has 1 saturated heterocycles. The van der Waals surface area contributed by atoms with Crippen LogP contribution in [0, 0.1) is 5.92 Å². The number of carbonyl (C=O) groups is 1. The van der Waals surface area contributed by atoms with Crippen LogP contribution >= 0.6 is 11.6 Å². The van der Waals surface area contributed by atoms with Gasteiger partial charge in [0.25, 0.3) is 0 Å². The molecule has 1 aliphatic heterocycles. The molecule has 8 heteroatoms. The van der Waals surface area contributed by atoms with E-state index in [9.17, 15) is 13.2 Å². The van der Waals surface area contributed by atoms with Crippen LogP contribution in [-0.2, 0) is 19.6 Å². The predicted octanol–water partition coefficient (Wildman–Crippen LogP) is 0.718. The molecule has 2 N–H and O–H groups in total. The second-order valence-electron chi connectivity index (χ2n) is 4.17. The summed E-state index contributed by atoms with van der Waals surface area (Å²) in [7, 11) is -3.81. The lowest BCUT2D eigenvalue weighted by atomic mass is 10.1. The number of benzene rings is 1. The van der Waals surface area contributed by atoms with Gasteiger partial charge in [-0.2, -0.15) is 0 Å². The van der Waals surface area contributed by atoms with E-state index in [1.807, 2.05) is 0 Å². The van der Waals surface area contributed by atoms with Gasteiger partial charge in [0.05, 0.1) is 30.1 Å². The van der Waals surface area contributed by atoms with Gasteiger partial charge >= 0.3 is 5.97 Å². The Labute approximate surface area is 115 Å². The molecule has 6 nitrogen and oxygen atoms in total. The molecule has 2 rings (SSSR count). The minimum atomic E-state index is -3.81. The number of carboxylic acids is 1. The summed E-state index contributed by atoms with van der Waals surface area (Å²) in [5.74, 6) is -1.97. The van der Waals surface area contributed by atoms with E-state index in [1.54, 1.807) is 6.07 Å². The molecule has 0 amide bonds. The van der Waals surface area contributed by atoms with Gasteiger partial charge in [0.2, 0.25) is 10.0 Å². The largest absolute Gasteiger partial charge is 0.481 e. The van der Waals surface area contributed by atoms with Crippen molar-refractivity contribution in [3.8, 4) is 0 Å². The zero-order valence-corrected chi connectivity index (χ0v) is 11.3. The van der Waals surface area contributed by atoms with Crippen molar-refractivity contribution in [1.82, 2.24) is 4.72 Å². The lowest BCUT2D eigenvalue weighted by Gasteiger charge is -2.15. The molecule has 1 aromatic carbocycles. The maximum Gasteiger partial charge on any atom is 0.310 e. The zero-order valence-electron chi connectivity index (χ0n) is 9.74. The number of rotatable bonds is 4. The Morgan fingerprint density at radius 2 is 2.16 bits per heavy atom. The molecule has 19 heavy (non-hydrogen) atoms. The minimum absolute atomic E-state index is 0.00192. The van der Waals surface area contributed by atoms with Crippen molar-refractivity contribution in [2.75, 3.05) is 13.2 Å². The van der Waals surface area contributed by atoms with Gasteiger partial charge in [-0.15, -0.1) is 0 Å². The summed E-state index contributed by atoms with van der Waals surface area (Å²) in [5, 5.41) is 9.25. The molecular formula is C11H12ClNO5S. The number of halogens is 1. The highest BCUT2D eigenvalue weighted by Crippen LogP contribution is 2.19. The van der Waals surface area contributed by atoms with Gasteiger partial charge in [0, 0.05) is 5.02 Å². The maximum absolute atomic E-state index is 12.1. The molecule has 0 aromatic heterocycles. The summed E-state index contributed by atoms with van der Waals surface area (Å²) in [5.41, 5.74) is 0. The number of hydrogen-bond donors (Lipinski definition) is 2. The molecule has 0 radical (unpaired) electrons. The van der Waals surface area contributed by atoms with Crippen LogP contribution in [0.2, 0.25) is 5.02 Å². The molecular weight excluding hydrogens is 294 g/mol. The van der Waals surface area contributed by atoms with E-state index in [4.69, 9.17) is 21.4 Å². The summed E-state index contributed by atoms with van der Waals surface area (Å²) >= 11 is 5.74. The Kier molecular flexibility index (Phi) is 4.10. The van der Waals surface area contributed by atoms with Crippen LogP contribution in [0.3, 0.4) is 0 Å². The van der Waals surface area contributed by atoms with Crippen LogP contribution in [0.5, 0.6) is 0 Å². The van der Waals surface area contributed by atoms with Gasteiger partial charge in [-0.25, -0.2) is 13.1 Å². The fourth-order valence-electron chi connectivity index (χ4n) is 1.82. The Balaban J connectivity index is 2.20. The van der Waals surface area contributed by atoms with Crippen molar-refractivity contribution < 1.29 is 23.1 Å². The Bertz CT molecular complexity index is 589. The van der Waals surface area contributed by atoms with Crippen molar-refractivity contribution in [3.63, 3.8) is 0 Å². The highest BCUT2D eigenvalue weighted by molar-refractivity contribution is 7.89. The van der Waals surface area contributed by atoms with Crippen molar-refractivity contribution in [2.45, 2.75) is 10.9 Å². The third-order valence-electron chi connectivity index (χ3n) is 2.81. The number of ether oxygens (including phenoxy) is 1. The predicted molar refractivity (Wildman–Crippen MR) is 67.5 cm³/mol. The van der Waals surface area contributed by atoms with E-state index >= 15 is 0 Å². The van der Waals surface area contributed by atoms with Crippen LogP contribution in [0.1, 0.15) is 0 Å². The van der Waals surface area contributed by atoms with E-state index in [0.29, 0.717) is 5.02 Å². The van der Waals surface area contributed by atoms with Crippen LogP contribution < -0.4 is 4.72 Å². The number of nitrogens with one attached hydrogen (secondary N) is 1. The number of hydrogen-bond acceptors (Lipinski definition) is 4. The minimum Gasteiger partial charge on any atom is -0.481 e. The summed E-state index contributed by atoms with van der Waals surface area (Å²) in [6.45, 7) is 0.0365. The average molecular weight is 306 g/mol. The first kappa shape index (κ1) is 14.3. The number of aliphatic carboxylic acids is 1. The SMILES string of the molecule is O=C(O)C1COCC1NS(=O)(=O)c1cccc(Cl)c1. The second kappa shape index (κ2) is 5.46. The van der Waals surface area contributed by atoms with E-state index in [1.165, 1.54) is 18.2 Å². The number of sulfonamides is 1. The van der Waals surface area contributed by atoms with Gasteiger partial charge in [-0.05, 0) is 18.2 Å². The van der Waals surface area contributed by atoms with Crippen LogP contribution in [-0.4, -0.2) is 38.7 Å². The molecule has 1 aliphatic rings. The first-order chi connectivity index (χ1) is 8.90. The lowest BCUT2D eigenvalue weighted by molar-refractivity contribution is -0.142. The summed E-state index contributed by atoms with van der Waals surface area (Å²) < 4.78 is 31.5. The van der Waals surface area contributed by atoms with Crippen LogP contribution in [0.25, 0.3) is 0 Å². The molecule has 104 valence electrons. The molecule has 2 atom stereocenters. The number of carboxylic acid groups (broad SMARTS) is 1. The van der Waals surface area contributed by atoms with Gasteiger partial charge in [0.15, 0.2) is 0 Å². The zero-order chi connectivity index (χ0) is 14.0. The highest BCUT2D eigenvalue weighted by Gasteiger charge is 2.36. The molecule has 0 aliphatic carbocycles. The van der Waals surface area contributed by atoms with Crippen LogP contribution in [0.15, 0.2) is 29.2 Å². The van der Waals surface area contributed by atoms with Crippen molar-refractivity contribution >= 4 is 27.6 Å². The first-order valence-electron chi connectivity index (χ1n) is 5.48. The van der Waals surface area contributed by atoms with Gasteiger partial charge < -0.3 is 9.84 Å². The molecule has 0 bridgehead atoms. The van der Waals surface area contributed by atoms with Gasteiger partial charge in [0.1, 0.15) is 0 Å².